The van der Waals surface area contributed by atoms with Crippen LogP contribution >= 0.6 is 11.3 Å². The molecule has 1 N–H and O–H groups in total. The molecule has 120 valence electrons. The summed E-state index contributed by atoms with van der Waals surface area (Å²) >= 11 is 1.70. The number of thiophene rings is 1. The molecule has 3 heterocycles. The molecule has 2 aromatic rings. The normalized spacial score (nSPS) is 18.5. The van der Waals surface area contributed by atoms with Crippen molar-refractivity contribution >= 4 is 11.3 Å². The molecule has 0 aromatic carbocycles. The van der Waals surface area contributed by atoms with E-state index in [0.717, 1.165) is 0 Å². The second kappa shape index (κ2) is 6.00. The lowest BCUT2D eigenvalue weighted by molar-refractivity contribution is -0.156. The van der Waals surface area contributed by atoms with E-state index in [9.17, 15) is 13.2 Å². The Morgan fingerprint density at radius 1 is 1.32 bits per heavy atom. The van der Waals surface area contributed by atoms with Crippen molar-refractivity contribution in [3.8, 4) is 0 Å². The van der Waals surface area contributed by atoms with Crippen LogP contribution in [0.5, 0.6) is 0 Å². The van der Waals surface area contributed by atoms with Crippen LogP contribution in [0.1, 0.15) is 40.2 Å². The molecule has 1 aliphatic heterocycles. The summed E-state index contributed by atoms with van der Waals surface area (Å²) in [6.45, 7) is 3.71. The highest BCUT2D eigenvalue weighted by Crippen LogP contribution is 2.40. The fourth-order valence-electron chi connectivity index (χ4n) is 2.75. The van der Waals surface area contributed by atoms with Crippen molar-refractivity contribution in [1.29, 1.82) is 0 Å². The number of rotatable bonds is 4. The molecular weight excluding hydrogens is 313 g/mol. The van der Waals surface area contributed by atoms with Gasteiger partial charge in [0.05, 0.1) is 6.54 Å². The van der Waals surface area contributed by atoms with Crippen LogP contribution in [0.15, 0.2) is 12.1 Å². The topological polar surface area (TPSA) is 42.7 Å². The molecule has 2 aromatic heterocycles. The number of fused-ring (bicyclic) bond motifs is 1. The van der Waals surface area contributed by atoms with Crippen LogP contribution < -0.4 is 5.32 Å². The molecule has 0 amide bonds. The zero-order valence-electron chi connectivity index (χ0n) is 12.2. The van der Waals surface area contributed by atoms with Crippen molar-refractivity contribution in [3.63, 3.8) is 0 Å². The van der Waals surface area contributed by atoms with Crippen LogP contribution in [0.3, 0.4) is 0 Å². The summed E-state index contributed by atoms with van der Waals surface area (Å²) in [5, 5.41) is 11.0. The molecule has 0 radical (unpaired) electrons. The first-order valence-electron chi connectivity index (χ1n) is 7.20. The second-order valence-corrected chi connectivity index (χ2v) is 6.85. The molecule has 0 unspecified atom stereocenters. The van der Waals surface area contributed by atoms with Gasteiger partial charge in [0.2, 0.25) is 0 Å². The van der Waals surface area contributed by atoms with Crippen molar-refractivity contribution in [3.05, 3.63) is 33.5 Å². The van der Waals surface area contributed by atoms with Gasteiger partial charge in [0.15, 0.2) is 0 Å². The largest absolute Gasteiger partial charge is 0.398 e. The highest BCUT2D eigenvalue weighted by Gasteiger charge is 2.45. The summed E-state index contributed by atoms with van der Waals surface area (Å²) in [7, 11) is 0. The molecule has 1 atom stereocenters. The van der Waals surface area contributed by atoms with E-state index in [1.165, 1.54) is 9.75 Å². The molecular formula is C14H17F3N4S. The molecule has 3 rings (SSSR count). The zero-order chi connectivity index (χ0) is 15.7. The summed E-state index contributed by atoms with van der Waals surface area (Å²) < 4.78 is 40.6. The Labute approximate surface area is 130 Å². The van der Waals surface area contributed by atoms with Gasteiger partial charge in [-0.2, -0.15) is 13.2 Å². The molecule has 0 aliphatic carbocycles. The smallest absolute Gasteiger partial charge is 0.313 e. The SMILES string of the molecule is Cc1ccc(CNCc2nnc3n2CCC[C@H]3C(F)(F)F)s1. The average Bonchev–Trinajstić information content (AvgIpc) is 3.04. The van der Waals surface area contributed by atoms with Crippen LogP contribution in [0.4, 0.5) is 13.2 Å². The lowest BCUT2D eigenvalue weighted by Gasteiger charge is -2.25. The Balaban J connectivity index is 1.67. The standard InChI is InChI=1S/C14H17F3N4S/c1-9-4-5-10(22-9)7-18-8-12-19-20-13-11(14(15,16)17)3-2-6-21(12)13/h4-5,11,18H,2-3,6-8H2,1H3/t11-/m1/s1. The molecule has 0 fully saturated rings. The van der Waals surface area contributed by atoms with Gasteiger partial charge >= 0.3 is 6.18 Å². The van der Waals surface area contributed by atoms with Crippen molar-refractivity contribution in [2.75, 3.05) is 0 Å². The molecule has 0 saturated carbocycles. The Morgan fingerprint density at radius 2 is 2.14 bits per heavy atom. The highest BCUT2D eigenvalue weighted by atomic mass is 32.1. The minimum atomic E-state index is -4.25. The lowest BCUT2D eigenvalue weighted by atomic mass is 9.98. The number of aryl methyl sites for hydroxylation is 1. The Kier molecular flexibility index (Phi) is 4.22. The first-order chi connectivity index (χ1) is 10.4. The summed E-state index contributed by atoms with van der Waals surface area (Å²) in [4.78, 5) is 2.44. The number of aromatic nitrogens is 3. The van der Waals surface area contributed by atoms with Crippen LogP contribution in [0.25, 0.3) is 0 Å². The lowest BCUT2D eigenvalue weighted by Crippen LogP contribution is -2.29. The van der Waals surface area contributed by atoms with Gasteiger partial charge < -0.3 is 9.88 Å². The van der Waals surface area contributed by atoms with Gasteiger partial charge in [-0.05, 0) is 31.9 Å². The van der Waals surface area contributed by atoms with Gasteiger partial charge in [-0.25, -0.2) is 0 Å². The van der Waals surface area contributed by atoms with E-state index in [4.69, 9.17) is 0 Å². The summed E-state index contributed by atoms with van der Waals surface area (Å²) in [6, 6.07) is 4.10. The van der Waals surface area contributed by atoms with Gasteiger partial charge in [0.1, 0.15) is 17.6 Å². The third-order valence-electron chi connectivity index (χ3n) is 3.82. The first-order valence-corrected chi connectivity index (χ1v) is 8.01. The number of alkyl halides is 3. The minimum Gasteiger partial charge on any atom is -0.313 e. The molecule has 1 aliphatic rings. The number of nitrogens with zero attached hydrogens (tertiary/aromatic N) is 3. The molecule has 0 bridgehead atoms. The maximum absolute atomic E-state index is 13.0. The Bertz CT molecular complexity index is 647. The Morgan fingerprint density at radius 3 is 2.82 bits per heavy atom. The number of nitrogens with one attached hydrogen (secondary N) is 1. The van der Waals surface area contributed by atoms with E-state index in [0.29, 0.717) is 31.9 Å². The van der Waals surface area contributed by atoms with Crippen molar-refractivity contribution < 1.29 is 13.2 Å². The Hall–Kier alpha value is -1.41. The highest BCUT2D eigenvalue weighted by molar-refractivity contribution is 7.11. The quantitative estimate of drug-likeness (QED) is 0.934. The fourth-order valence-corrected chi connectivity index (χ4v) is 3.61. The van der Waals surface area contributed by atoms with E-state index >= 15 is 0 Å². The second-order valence-electron chi connectivity index (χ2n) is 5.48. The number of hydrogen-bond acceptors (Lipinski definition) is 4. The van der Waals surface area contributed by atoms with E-state index in [1.807, 2.05) is 13.0 Å². The predicted octanol–water partition coefficient (Wildman–Crippen LogP) is 3.38. The summed E-state index contributed by atoms with van der Waals surface area (Å²) in [5.41, 5.74) is 0. The van der Waals surface area contributed by atoms with E-state index in [2.05, 4.69) is 21.6 Å². The molecule has 0 spiro atoms. The predicted molar refractivity (Wildman–Crippen MR) is 77.7 cm³/mol. The van der Waals surface area contributed by atoms with Crippen molar-refractivity contribution in [2.45, 2.75) is 51.5 Å². The number of halogens is 3. The van der Waals surface area contributed by atoms with E-state index < -0.39 is 12.1 Å². The molecule has 22 heavy (non-hydrogen) atoms. The van der Waals surface area contributed by atoms with Crippen LogP contribution in [0.2, 0.25) is 0 Å². The molecule has 0 saturated heterocycles. The fraction of sp³-hybridized carbons (Fsp3) is 0.571. The van der Waals surface area contributed by atoms with Crippen LogP contribution in [-0.4, -0.2) is 20.9 Å². The average molecular weight is 330 g/mol. The summed E-state index contributed by atoms with van der Waals surface area (Å²) in [5.74, 6) is -0.845. The maximum Gasteiger partial charge on any atom is 0.398 e. The van der Waals surface area contributed by atoms with E-state index in [-0.39, 0.29) is 12.2 Å². The minimum absolute atomic E-state index is 0.0579. The van der Waals surface area contributed by atoms with Crippen molar-refractivity contribution in [1.82, 2.24) is 20.1 Å². The van der Waals surface area contributed by atoms with Crippen LogP contribution in [-0.2, 0) is 19.6 Å². The van der Waals surface area contributed by atoms with Crippen LogP contribution in [0, 0.1) is 6.92 Å². The van der Waals surface area contributed by atoms with E-state index in [1.54, 1.807) is 15.9 Å². The maximum atomic E-state index is 13.0. The zero-order valence-corrected chi connectivity index (χ0v) is 13.0. The van der Waals surface area contributed by atoms with Gasteiger partial charge in [0.25, 0.3) is 0 Å². The number of hydrogen-bond donors (Lipinski definition) is 1. The monoisotopic (exact) mass is 330 g/mol. The molecule has 4 nitrogen and oxygen atoms in total. The van der Waals surface area contributed by atoms with Gasteiger partial charge in [-0.1, -0.05) is 0 Å². The summed E-state index contributed by atoms with van der Waals surface area (Å²) in [6.07, 6.45) is -3.64. The van der Waals surface area contributed by atoms with Gasteiger partial charge in [-0.3, -0.25) is 0 Å². The molecule has 8 heteroatoms. The van der Waals surface area contributed by atoms with Crippen molar-refractivity contribution in [2.24, 2.45) is 0 Å². The van der Waals surface area contributed by atoms with Gasteiger partial charge in [0, 0.05) is 22.8 Å². The van der Waals surface area contributed by atoms with Gasteiger partial charge in [-0.15, -0.1) is 21.5 Å². The third-order valence-corrected chi connectivity index (χ3v) is 4.82. The first kappa shape index (κ1) is 15.5. The third kappa shape index (κ3) is 3.17.